The van der Waals surface area contributed by atoms with Crippen LogP contribution in [0.1, 0.15) is 32.1 Å². The first-order valence-corrected chi connectivity index (χ1v) is 5.16. The highest BCUT2D eigenvalue weighted by atomic mass is 16.5. The Morgan fingerprint density at radius 1 is 1.31 bits per heavy atom. The molecule has 1 saturated heterocycles. The van der Waals surface area contributed by atoms with Crippen molar-refractivity contribution >= 4 is 5.97 Å². The zero-order valence-electron chi connectivity index (χ0n) is 8.16. The van der Waals surface area contributed by atoms with E-state index in [0.717, 1.165) is 6.54 Å². The third kappa shape index (κ3) is 1.85. The molecule has 0 bridgehead atoms. The molecule has 0 aromatic rings. The van der Waals surface area contributed by atoms with Gasteiger partial charge in [-0.15, -0.1) is 0 Å². The number of ether oxygens (including phenoxy) is 1. The second kappa shape index (κ2) is 3.66. The van der Waals surface area contributed by atoms with Crippen LogP contribution < -0.4 is 0 Å². The Hall–Kier alpha value is -0.570. The molecular formula is C10H17NO2. The van der Waals surface area contributed by atoms with Crippen LogP contribution >= 0.6 is 0 Å². The average Bonchev–Trinajstić information content (AvgIpc) is 2.98. The first-order valence-electron chi connectivity index (χ1n) is 5.16. The Morgan fingerprint density at radius 2 is 2.00 bits per heavy atom. The van der Waals surface area contributed by atoms with Crippen LogP contribution in [0.4, 0.5) is 0 Å². The fourth-order valence-electron chi connectivity index (χ4n) is 2.31. The van der Waals surface area contributed by atoms with Gasteiger partial charge in [0.25, 0.3) is 0 Å². The summed E-state index contributed by atoms with van der Waals surface area (Å²) in [5, 5.41) is 0. The summed E-state index contributed by atoms with van der Waals surface area (Å²) < 4.78 is 4.71. The standard InChI is InChI=1S/C10H17NO2/c1-13-10(12)9-7-11(9)8-5-3-2-4-6-8/h8-9H,2-7H2,1H3. The van der Waals surface area contributed by atoms with Crippen LogP contribution in [0, 0.1) is 0 Å². The van der Waals surface area contributed by atoms with Crippen molar-refractivity contribution in [3.8, 4) is 0 Å². The van der Waals surface area contributed by atoms with Crippen LogP contribution in [0.15, 0.2) is 0 Å². The van der Waals surface area contributed by atoms with Crippen molar-refractivity contribution < 1.29 is 9.53 Å². The van der Waals surface area contributed by atoms with Gasteiger partial charge in [0.2, 0.25) is 0 Å². The monoisotopic (exact) mass is 183 g/mol. The van der Waals surface area contributed by atoms with Crippen molar-refractivity contribution in [3.05, 3.63) is 0 Å². The van der Waals surface area contributed by atoms with Gasteiger partial charge in [0.15, 0.2) is 0 Å². The van der Waals surface area contributed by atoms with Gasteiger partial charge in [-0.1, -0.05) is 19.3 Å². The molecule has 2 unspecified atom stereocenters. The Labute approximate surface area is 79.0 Å². The SMILES string of the molecule is COC(=O)C1CN1C1CCCCC1. The zero-order chi connectivity index (χ0) is 9.26. The third-order valence-corrected chi connectivity index (χ3v) is 3.17. The number of esters is 1. The Morgan fingerprint density at radius 3 is 2.62 bits per heavy atom. The van der Waals surface area contributed by atoms with Crippen molar-refractivity contribution in [3.63, 3.8) is 0 Å². The third-order valence-electron chi connectivity index (χ3n) is 3.17. The Bertz CT molecular complexity index is 199. The van der Waals surface area contributed by atoms with Gasteiger partial charge in [-0.2, -0.15) is 0 Å². The van der Waals surface area contributed by atoms with Crippen molar-refractivity contribution in [1.82, 2.24) is 4.90 Å². The van der Waals surface area contributed by atoms with Crippen LogP contribution in [0.5, 0.6) is 0 Å². The highest BCUT2D eigenvalue weighted by Crippen LogP contribution is 2.31. The lowest BCUT2D eigenvalue weighted by Gasteiger charge is -2.22. The molecule has 0 aromatic carbocycles. The van der Waals surface area contributed by atoms with Crippen molar-refractivity contribution in [1.29, 1.82) is 0 Å². The smallest absolute Gasteiger partial charge is 0.324 e. The molecule has 3 heteroatoms. The topological polar surface area (TPSA) is 29.3 Å². The van der Waals surface area contributed by atoms with E-state index in [1.807, 2.05) is 0 Å². The van der Waals surface area contributed by atoms with Gasteiger partial charge in [-0.25, -0.2) is 0 Å². The van der Waals surface area contributed by atoms with Crippen LogP contribution in [0.2, 0.25) is 0 Å². The maximum atomic E-state index is 11.2. The molecule has 0 N–H and O–H groups in total. The van der Waals surface area contributed by atoms with Crippen molar-refractivity contribution in [2.24, 2.45) is 0 Å². The minimum Gasteiger partial charge on any atom is -0.468 e. The van der Waals surface area contributed by atoms with E-state index in [4.69, 9.17) is 4.74 Å². The number of methoxy groups -OCH3 is 1. The summed E-state index contributed by atoms with van der Waals surface area (Å²) in [6.07, 6.45) is 6.57. The molecule has 1 heterocycles. The first-order chi connectivity index (χ1) is 6.33. The van der Waals surface area contributed by atoms with Crippen molar-refractivity contribution in [2.75, 3.05) is 13.7 Å². The van der Waals surface area contributed by atoms with Gasteiger partial charge in [0.1, 0.15) is 6.04 Å². The molecule has 74 valence electrons. The van der Waals surface area contributed by atoms with Gasteiger partial charge < -0.3 is 4.74 Å². The minimum atomic E-state index is -0.0504. The Kier molecular flexibility index (Phi) is 2.54. The van der Waals surface area contributed by atoms with E-state index in [1.54, 1.807) is 0 Å². The van der Waals surface area contributed by atoms with Gasteiger partial charge in [-0.3, -0.25) is 9.69 Å². The summed E-state index contributed by atoms with van der Waals surface area (Å²) in [6, 6.07) is 0.756. The highest BCUT2D eigenvalue weighted by Gasteiger charge is 2.45. The predicted octanol–water partition coefficient (Wildman–Crippen LogP) is 1.18. The largest absolute Gasteiger partial charge is 0.468 e. The number of rotatable bonds is 2. The molecule has 2 aliphatic rings. The van der Waals surface area contributed by atoms with E-state index in [0.29, 0.717) is 6.04 Å². The van der Waals surface area contributed by atoms with Crippen molar-refractivity contribution in [2.45, 2.75) is 44.2 Å². The summed E-state index contributed by atoms with van der Waals surface area (Å²) in [4.78, 5) is 13.4. The quantitative estimate of drug-likeness (QED) is 0.475. The van der Waals surface area contributed by atoms with E-state index >= 15 is 0 Å². The molecule has 2 atom stereocenters. The molecule has 0 aromatic heterocycles. The van der Waals surface area contributed by atoms with Crippen LogP contribution in [0.3, 0.4) is 0 Å². The Balaban J connectivity index is 1.81. The second-order valence-electron chi connectivity index (χ2n) is 4.03. The van der Waals surface area contributed by atoms with Crippen LogP contribution in [0.25, 0.3) is 0 Å². The fourth-order valence-corrected chi connectivity index (χ4v) is 2.31. The molecule has 2 rings (SSSR count). The number of hydrogen-bond donors (Lipinski definition) is 0. The van der Waals surface area contributed by atoms with Gasteiger partial charge in [0, 0.05) is 12.6 Å². The summed E-state index contributed by atoms with van der Waals surface area (Å²) in [5.41, 5.74) is 0. The average molecular weight is 183 g/mol. The lowest BCUT2D eigenvalue weighted by atomic mass is 9.95. The minimum absolute atomic E-state index is 0.0504. The number of nitrogens with zero attached hydrogens (tertiary/aromatic N) is 1. The molecule has 1 aliphatic carbocycles. The molecule has 13 heavy (non-hydrogen) atoms. The molecule has 1 aliphatic heterocycles. The van der Waals surface area contributed by atoms with E-state index in [1.165, 1.54) is 39.2 Å². The second-order valence-corrected chi connectivity index (χ2v) is 4.03. The van der Waals surface area contributed by atoms with Crippen LogP contribution in [-0.2, 0) is 9.53 Å². The number of hydrogen-bond acceptors (Lipinski definition) is 3. The maximum Gasteiger partial charge on any atom is 0.324 e. The fraction of sp³-hybridized carbons (Fsp3) is 0.900. The molecular weight excluding hydrogens is 166 g/mol. The van der Waals surface area contributed by atoms with E-state index in [2.05, 4.69) is 4.90 Å². The summed E-state index contributed by atoms with van der Waals surface area (Å²) in [7, 11) is 1.47. The molecule has 1 saturated carbocycles. The van der Waals surface area contributed by atoms with E-state index in [9.17, 15) is 4.79 Å². The normalized spacial score (nSPS) is 34.2. The van der Waals surface area contributed by atoms with Gasteiger partial charge >= 0.3 is 5.97 Å². The number of carbonyl (C=O) groups is 1. The number of carbonyl (C=O) groups excluding carboxylic acids is 1. The lowest BCUT2D eigenvalue weighted by molar-refractivity contribution is -0.141. The summed E-state index contributed by atoms with van der Waals surface area (Å²) in [6.45, 7) is 0.928. The molecule has 2 fully saturated rings. The lowest BCUT2D eigenvalue weighted by Crippen LogP contribution is -2.26. The predicted molar refractivity (Wildman–Crippen MR) is 49.4 cm³/mol. The highest BCUT2D eigenvalue weighted by molar-refractivity contribution is 5.79. The zero-order valence-corrected chi connectivity index (χ0v) is 8.16. The van der Waals surface area contributed by atoms with E-state index in [-0.39, 0.29) is 12.0 Å². The first kappa shape index (κ1) is 9.00. The van der Waals surface area contributed by atoms with E-state index < -0.39 is 0 Å². The molecule has 0 amide bonds. The van der Waals surface area contributed by atoms with Gasteiger partial charge in [-0.05, 0) is 12.8 Å². The molecule has 0 radical (unpaired) electrons. The summed E-state index contributed by atoms with van der Waals surface area (Å²) in [5.74, 6) is -0.0504. The molecule has 3 nitrogen and oxygen atoms in total. The van der Waals surface area contributed by atoms with Crippen LogP contribution in [-0.4, -0.2) is 36.6 Å². The maximum absolute atomic E-state index is 11.2. The van der Waals surface area contributed by atoms with Gasteiger partial charge in [0.05, 0.1) is 7.11 Å². The molecule has 0 spiro atoms. The summed E-state index contributed by atoms with van der Waals surface area (Å²) >= 11 is 0.